The van der Waals surface area contributed by atoms with Crippen LogP contribution in [0.5, 0.6) is 0 Å². The number of aromatic nitrogens is 3. The maximum absolute atomic E-state index is 12.8. The van der Waals surface area contributed by atoms with E-state index < -0.39 is 0 Å². The molecule has 2 aliphatic heterocycles. The monoisotopic (exact) mass is 382 g/mol. The highest BCUT2D eigenvalue weighted by Crippen LogP contribution is 2.28. The first kappa shape index (κ1) is 18.8. The summed E-state index contributed by atoms with van der Waals surface area (Å²) in [4.78, 5) is 30.4. The molecule has 0 saturated carbocycles. The number of carbonyl (C=O) groups excluding carboxylic acids is 1. The molecule has 1 unspecified atom stereocenters. The van der Waals surface area contributed by atoms with Crippen molar-refractivity contribution >= 4 is 11.7 Å². The second-order valence-corrected chi connectivity index (χ2v) is 7.39. The van der Waals surface area contributed by atoms with Gasteiger partial charge in [0, 0.05) is 57.3 Å². The predicted molar refractivity (Wildman–Crippen MR) is 106 cm³/mol. The molecule has 0 spiro atoms. The van der Waals surface area contributed by atoms with Gasteiger partial charge in [-0.1, -0.05) is 0 Å². The Morgan fingerprint density at radius 1 is 1.32 bits per heavy atom. The van der Waals surface area contributed by atoms with Crippen LogP contribution in [0.3, 0.4) is 0 Å². The molecule has 0 aliphatic carbocycles. The predicted octanol–water partition coefficient (Wildman–Crippen LogP) is 0.868. The van der Waals surface area contributed by atoms with Crippen LogP contribution < -0.4 is 10.2 Å². The lowest BCUT2D eigenvalue weighted by molar-refractivity contribution is -0.135. The Kier molecular flexibility index (Phi) is 5.50. The number of hydrogen-bond acceptors (Lipinski definition) is 7. The molecule has 0 aromatic carbocycles. The van der Waals surface area contributed by atoms with Gasteiger partial charge in [0.1, 0.15) is 5.82 Å². The summed E-state index contributed by atoms with van der Waals surface area (Å²) in [5, 5.41) is 3.28. The summed E-state index contributed by atoms with van der Waals surface area (Å²) in [7, 11) is 3.98. The number of pyridine rings is 1. The van der Waals surface area contributed by atoms with Gasteiger partial charge >= 0.3 is 0 Å². The molecule has 1 atom stereocenters. The molecule has 8 nitrogen and oxygen atoms in total. The molecule has 0 radical (unpaired) electrons. The average Bonchev–Trinajstić information content (AvgIpc) is 2.73. The van der Waals surface area contributed by atoms with E-state index in [1.54, 1.807) is 12.4 Å². The quantitative estimate of drug-likeness (QED) is 0.840. The molecule has 2 aliphatic rings. The highest BCUT2D eigenvalue weighted by Gasteiger charge is 2.28. The topological polar surface area (TPSA) is 83.5 Å². The Hall–Kier alpha value is -2.58. The summed E-state index contributed by atoms with van der Waals surface area (Å²) < 4.78 is 5.69. The SMILES string of the molecule is CN(C)c1nc(-c2ccncc2)nc2c1CCN(C(=O)CC1CNCCO1)C2. The van der Waals surface area contributed by atoms with E-state index in [0.29, 0.717) is 31.9 Å². The van der Waals surface area contributed by atoms with Crippen LogP contribution in [0.4, 0.5) is 5.82 Å². The lowest BCUT2D eigenvalue weighted by Crippen LogP contribution is -2.44. The van der Waals surface area contributed by atoms with Crippen LogP contribution in [-0.4, -0.2) is 72.2 Å². The van der Waals surface area contributed by atoms with Gasteiger partial charge in [0.25, 0.3) is 0 Å². The van der Waals surface area contributed by atoms with Crippen LogP contribution in [0.2, 0.25) is 0 Å². The number of fused-ring (bicyclic) bond motifs is 1. The van der Waals surface area contributed by atoms with Gasteiger partial charge in [-0.3, -0.25) is 9.78 Å². The molecule has 2 aromatic heterocycles. The van der Waals surface area contributed by atoms with Crippen molar-refractivity contribution in [3.05, 3.63) is 35.8 Å². The molecule has 4 heterocycles. The molecule has 28 heavy (non-hydrogen) atoms. The van der Waals surface area contributed by atoms with Crippen molar-refractivity contribution in [2.24, 2.45) is 0 Å². The summed E-state index contributed by atoms with van der Waals surface area (Å²) in [5.41, 5.74) is 2.97. The Labute approximate surface area is 164 Å². The van der Waals surface area contributed by atoms with Gasteiger partial charge in [-0.25, -0.2) is 9.97 Å². The fraction of sp³-hybridized carbons (Fsp3) is 0.500. The molecule has 4 rings (SSSR count). The number of ether oxygens (including phenoxy) is 1. The van der Waals surface area contributed by atoms with E-state index in [1.807, 2.05) is 36.0 Å². The van der Waals surface area contributed by atoms with Crippen LogP contribution in [0.25, 0.3) is 11.4 Å². The van der Waals surface area contributed by atoms with Crippen molar-refractivity contribution in [2.75, 3.05) is 45.2 Å². The summed E-state index contributed by atoms with van der Waals surface area (Å²) in [6.07, 6.45) is 4.60. The Morgan fingerprint density at radius 3 is 2.86 bits per heavy atom. The van der Waals surface area contributed by atoms with E-state index in [0.717, 1.165) is 42.1 Å². The van der Waals surface area contributed by atoms with Gasteiger partial charge < -0.3 is 19.9 Å². The molecule has 2 aromatic rings. The third-order valence-electron chi connectivity index (χ3n) is 5.16. The Balaban J connectivity index is 1.58. The minimum absolute atomic E-state index is 0.0437. The second-order valence-electron chi connectivity index (χ2n) is 7.39. The normalized spacial score (nSPS) is 19.2. The number of rotatable bonds is 4. The first-order valence-corrected chi connectivity index (χ1v) is 9.69. The van der Waals surface area contributed by atoms with Crippen molar-refractivity contribution in [1.29, 1.82) is 0 Å². The summed E-state index contributed by atoms with van der Waals surface area (Å²) in [6, 6.07) is 3.81. The van der Waals surface area contributed by atoms with Gasteiger partial charge in [0.05, 0.1) is 31.4 Å². The molecule has 8 heteroatoms. The van der Waals surface area contributed by atoms with E-state index in [1.165, 1.54) is 0 Å². The number of amides is 1. The van der Waals surface area contributed by atoms with Crippen molar-refractivity contribution in [2.45, 2.75) is 25.5 Å². The van der Waals surface area contributed by atoms with Gasteiger partial charge in [-0.2, -0.15) is 0 Å². The average molecular weight is 382 g/mol. The second kappa shape index (κ2) is 8.20. The Morgan fingerprint density at radius 2 is 2.14 bits per heavy atom. The van der Waals surface area contributed by atoms with Crippen LogP contribution in [-0.2, 0) is 22.5 Å². The minimum atomic E-state index is -0.0437. The maximum Gasteiger partial charge on any atom is 0.225 e. The number of nitrogens with one attached hydrogen (secondary N) is 1. The first-order chi connectivity index (χ1) is 13.6. The lowest BCUT2D eigenvalue weighted by atomic mass is 10.0. The zero-order valence-corrected chi connectivity index (χ0v) is 16.4. The highest BCUT2D eigenvalue weighted by atomic mass is 16.5. The van der Waals surface area contributed by atoms with Gasteiger partial charge in [-0.15, -0.1) is 0 Å². The van der Waals surface area contributed by atoms with Crippen molar-refractivity contribution in [1.82, 2.24) is 25.2 Å². The van der Waals surface area contributed by atoms with Crippen LogP contribution in [0.15, 0.2) is 24.5 Å². The fourth-order valence-corrected chi connectivity index (χ4v) is 3.70. The zero-order valence-electron chi connectivity index (χ0n) is 16.4. The van der Waals surface area contributed by atoms with Crippen LogP contribution in [0.1, 0.15) is 17.7 Å². The summed E-state index contributed by atoms with van der Waals surface area (Å²) in [5.74, 6) is 1.71. The van der Waals surface area contributed by atoms with Gasteiger partial charge in [-0.05, 0) is 18.6 Å². The molecule has 1 N–H and O–H groups in total. The smallest absolute Gasteiger partial charge is 0.225 e. The maximum atomic E-state index is 12.8. The van der Waals surface area contributed by atoms with Gasteiger partial charge in [0.2, 0.25) is 5.91 Å². The third kappa shape index (κ3) is 3.98. The molecule has 1 saturated heterocycles. The van der Waals surface area contributed by atoms with Crippen LogP contribution in [0, 0.1) is 0 Å². The van der Waals surface area contributed by atoms with E-state index in [2.05, 4.69) is 10.3 Å². The molecular weight excluding hydrogens is 356 g/mol. The van der Waals surface area contributed by atoms with Gasteiger partial charge in [0.15, 0.2) is 5.82 Å². The molecule has 0 bridgehead atoms. The highest BCUT2D eigenvalue weighted by molar-refractivity contribution is 5.77. The number of nitrogens with zero attached hydrogens (tertiary/aromatic N) is 5. The van der Waals surface area contributed by atoms with E-state index in [-0.39, 0.29) is 12.0 Å². The molecular formula is C20H26N6O2. The Bertz CT molecular complexity index is 836. The summed E-state index contributed by atoms with van der Waals surface area (Å²) >= 11 is 0. The molecule has 148 valence electrons. The van der Waals surface area contributed by atoms with E-state index in [4.69, 9.17) is 14.7 Å². The number of anilines is 1. The summed E-state index contributed by atoms with van der Waals surface area (Å²) in [6.45, 7) is 3.44. The molecule has 1 fully saturated rings. The van der Waals surface area contributed by atoms with E-state index in [9.17, 15) is 4.79 Å². The lowest BCUT2D eigenvalue weighted by Gasteiger charge is -2.32. The van der Waals surface area contributed by atoms with Crippen molar-refractivity contribution < 1.29 is 9.53 Å². The molecule has 1 amide bonds. The van der Waals surface area contributed by atoms with Crippen LogP contribution >= 0.6 is 0 Å². The first-order valence-electron chi connectivity index (χ1n) is 9.69. The fourth-order valence-electron chi connectivity index (χ4n) is 3.70. The number of carbonyl (C=O) groups is 1. The number of hydrogen-bond donors (Lipinski definition) is 1. The zero-order chi connectivity index (χ0) is 19.5. The van der Waals surface area contributed by atoms with Crippen molar-refractivity contribution in [3.8, 4) is 11.4 Å². The van der Waals surface area contributed by atoms with E-state index >= 15 is 0 Å². The largest absolute Gasteiger partial charge is 0.375 e. The standard InChI is InChI=1S/C20H26N6O2/c1-25(2)20-16-5-9-26(18(27)11-15-12-22-8-10-28-15)13-17(16)23-19(24-20)14-3-6-21-7-4-14/h3-4,6-7,15,22H,5,8-13H2,1-2H3. The minimum Gasteiger partial charge on any atom is -0.375 e. The third-order valence-corrected chi connectivity index (χ3v) is 5.16. The van der Waals surface area contributed by atoms with Crippen molar-refractivity contribution in [3.63, 3.8) is 0 Å². The number of morpholine rings is 1.